The SMILES string of the molecule is CCN(CCCOC)CCNC(C)C. The van der Waals surface area contributed by atoms with Crippen molar-refractivity contribution < 1.29 is 4.74 Å². The molecule has 0 rings (SSSR count). The minimum atomic E-state index is 0.590. The van der Waals surface area contributed by atoms with E-state index in [4.69, 9.17) is 4.74 Å². The second-order valence-electron chi connectivity index (χ2n) is 3.89. The first-order chi connectivity index (χ1) is 6.70. The predicted octanol–water partition coefficient (Wildman–Crippen LogP) is 1.34. The summed E-state index contributed by atoms with van der Waals surface area (Å²) in [7, 11) is 1.76. The van der Waals surface area contributed by atoms with Gasteiger partial charge in [-0.3, -0.25) is 0 Å². The first-order valence-corrected chi connectivity index (χ1v) is 5.65. The summed E-state index contributed by atoms with van der Waals surface area (Å²) in [5, 5.41) is 3.43. The topological polar surface area (TPSA) is 24.5 Å². The van der Waals surface area contributed by atoms with Crippen LogP contribution in [0.3, 0.4) is 0 Å². The van der Waals surface area contributed by atoms with E-state index in [0.29, 0.717) is 6.04 Å². The largest absolute Gasteiger partial charge is 0.385 e. The van der Waals surface area contributed by atoms with Crippen LogP contribution in [0.25, 0.3) is 0 Å². The van der Waals surface area contributed by atoms with Crippen molar-refractivity contribution in [1.29, 1.82) is 0 Å². The molecule has 86 valence electrons. The van der Waals surface area contributed by atoms with Gasteiger partial charge in [0.2, 0.25) is 0 Å². The number of nitrogens with one attached hydrogen (secondary N) is 1. The van der Waals surface area contributed by atoms with Crippen LogP contribution >= 0.6 is 0 Å². The Balaban J connectivity index is 3.38. The Morgan fingerprint density at radius 3 is 2.50 bits per heavy atom. The Bertz CT molecular complexity index is 118. The van der Waals surface area contributed by atoms with Crippen molar-refractivity contribution in [2.45, 2.75) is 33.2 Å². The molecule has 0 radical (unpaired) electrons. The lowest BCUT2D eigenvalue weighted by molar-refractivity contribution is 0.173. The number of rotatable bonds is 9. The molecule has 0 bridgehead atoms. The average molecular weight is 202 g/mol. The Kier molecular flexibility index (Phi) is 9.35. The minimum absolute atomic E-state index is 0.590. The van der Waals surface area contributed by atoms with Gasteiger partial charge >= 0.3 is 0 Å². The third-order valence-electron chi connectivity index (χ3n) is 2.25. The zero-order valence-corrected chi connectivity index (χ0v) is 10.2. The Morgan fingerprint density at radius 2 is 2.00 bits per heavy atom. The second-order valence-corrected chi connectivity index (χ2v) is 3.89. The molecule has 0 aromatic carbocycles. The normalized spacial score (nSPS) is 11.6. The highest BCUT2D eigenvalue weighted by molar-refractivity contribution is 4.59. The Morgan fingerprint density at radius 1 is 1.29 bits per heavy atom. The molecule has 0 atom stereocenters. The van der Waals surface area contributed by atoms with Gasteiger partial charge < -0.3 is 15.0 Å². The summed E-state index contributed by atoms with van der Waals surface area (Å²) in [6, 6.07) is 0.590. The van der Waals surface area contributed by atoms with Crippen LogP contribution in [0.4, 0.5) is 0 Å². The van der Waals surface area contributed by atoms with Gasteiger partial charge in [0.1, 0.15) is 0 Å². The van der Waals surface area contributed by atoms with E-state index >= 15 is 0 Å². The summed E-state index contributed by atoms with van der Waals surface area (Å²) in [4.78, 5) is 2.45. The van der Waals surface area contributed by atoms with Crippen LogP contribution in [0.15, 0.2) is 0 Å². The molecule has 3 heteroatoms. The van der Waals surface area contributed by atoms with E-state index in [-0.39, 0.29) is 0 Å². The molecule has 0 heterocycles. The summed E-state index contributed by atoms with van der Waals surface area (Å²) in [6.45, 7) is 11.9. The highest BCUT2D eigenvalue weighted by Crippen LogP contribution is 1.91. The summed E-state index contributed by atoms with van der Waals surface area (Å²) in [6.07, 6.45) is 1.13. The van der Waals surface area contributed by atoms with E-state index in [1.54, 1.807) is 7.11 Å². The minimum Gasteiger partial charge on any atom is -0.385 e. The van der Waals surface area contributed by atoms with Gasteiger partial charge in [-0.15, -0.1) is 0 Å². The number of hydrogen-bond donors (Lipinski definition) is 1. The Labute approximate surface area is 88.8 Å². The molecule has 0 amide bonds. The number of methoxy groups -OCH3 is 1. The lowest BCUT2D eigenvalue weighted by Crippen LogP contribution is -2.35. The van der Waals surface area contributed by atoms with Gasteiger partial charge in [0.25, 0.3) is 0 Å². The monoisotopic (exact) mass is 202 g/mol. The molecule has 0 aromatic heterocycles. The van der Waals surface area contributed by atoms with Crippen molar-refractivity contribution in [2.75, 3.05) is 39.9 Å². The first-order valence-electron chi connectivity index (χ1n) is 5.65. The molecular weight excluding hydrogens is 176 g/mol. The van der Waals surface area contributed by atoms with Crippen molar-refractivity contribution in [3.63, 3.8) is 0 Å². The highest BCUT2D eigenvalue weighted by atomic mass is 16.5. The molecule has 0 fully saturated rings. The molecule has 0 unspecified atom stereocenters. The van der Waals surface area contributed by atoms with E-state index < -0.39 is 0 Å². The summed E-state index contributed by atoms with van der Waals surface area (Å²) < 4.78 is 5.04. The molecule has 0 aliphatic heterocycles. The number of nitrogens with zero attached hydrogens (tertiary/aromatic N) is 1. The lowest BCUT2D eigenvalue weighted by Gasteiger charge is -2.21. The van der Waals surface area contributed by atoms with Crippen LogP contribution in [0.2, 0.25) is 0 Å². The zero-order valence-electron chi connectivity index (χ0n) is 10.2. The van der Waals surface area contributed by atoms with Gasteiger partial charge in [-0.05, 0) is 13.0 Å². The molecule has 0 aliphatic rings. The molecule has 0 spiro atoms. The third kappa shape index (κ3) is 8.48. The molecule has 0 saturated heterocycles. The van der Waals surface area contributed by atoms with Gasteiger partial charge in [0.05, 0.1) is 0 Å². The molecule has 0 aliphatic carbocycles. The maximum Gasteiger partial charge on any atom is 0.0474 e. The van der Waals surface area contributed by atoms with Crippen molar-refractivity contribution in [3.05, 3.63) is 0 Å². The van der Waals surface area contributed by atoms with Crippen LogP contribution in [0, 0.1) is 0 Å². The fourth-order valence-corrected chi connectivity index (χ4v) is 1.37. The van der Waals surface area contributed by atoms with Crippen molar-refractivity contribution in [1.82, 2.24) is 10.2 Å². The van der Waals surface area contributed by atoms with Crippen molar-refractivity contribution in [2.24, 2.45) is 0 Å². The van der Waals surface area contributed by atoms with E-state index in [2.05, 4.69) is 31.0 Å². The molecule has 0 saturated carbocycles. The standard InChI is InChI=1S/C11H26N2O/c1-5-13(8-6-10-14-4)9-7-12-11(2)3/h11-12H,5-10H2,1-4H3. The van der Waals surface area contributed by atoms with E-state index in [1.807, 2.05) is 0 Å². The average Bonchev–Trinajstić information content (AvgIpc) is 2.15. The smallest absolute Gasteiger partial charge is 0.0474 e. The van der Waals surface area contributed by atoms with Gasteiger partial charge in [-0.25, -0.2) is 0 Å². The number of likely N-dealkylation sites (N-methyl/N-ethyl adjacent to an activating group) is 1. The van der Waals surface area contributed by atoms with Gasteiger partial charge in [-0.1, -0.05) is 20.8 Å². The highest BCUT2D eigenvalue weighted by Gasteiger charge is 2.01. The molecule has 14 heavy (non-hydrogen) atoms. The first kappa shape index (κ1) is 13.9. The molecule has 3 nitrogen and oxygen atoms in total. The Hall–Kier alpha value is -0.120. The summed E-state index contributed by atoms with van der Waals surface area (Å²) >= 11 is 0. The predicted molar refractivity (Wildman–Crippen MR) is 61.7 cm³/mol. The van der Waals surface area contributed by atoms with Crippen LogP contribution in [0.1, 0.15) is 27.2 Å². The molecule has 1 N–H and O–H groups in total. The van der Waals surface area contributed by atoms with E-state index in [1.165, 1.54) is 0 Å². The summed E-state index contributed by atoms with van der Waals surface area (Å²) in [5.41, 5.74) is 0. The third-order valence-corrected chi connectivity index (χ3v) is 2.25. The van der Waals surface area contributed by atoms with Gasteiger partial charge in [-0.2, -0.15) is 0 Å². The van der Waals surface area contributed by atoms with Gasteiger partial charge in [0.15, 0.2) is 0 Å². The van der Waals surface area contributed by atoms with E-state index in [9.17, 15) is 0 Å². The zero-order chi connectivity index (χ0) is 10.8. The van der Waals surface area contributed by atoms with Crippen LogP contribution in [0.5, 0.6) is 0 Å². The van der Waals surface area contributed by atoms with Crippen molar-refractivity contribution >= 4 is 0 Å². The quantitative estimate of drug-likeness (QED) is 0.571. The second kappa shape index (κ2) is 9.44. The summed E-state index contributed by atoms with van der Waals surface area (Å²) in [5.74, 6) is 0. The lowest BCUT2D eigenvalue weighted by atomic mass is 10.3. The van der Waals surface area contributed by atoms with Crippen LogP contribution < -0.4 is 5.32 Å². The van der Waals surface area contributed by atoms with E-state index in [0.717, 1.165) is 39.2 Å². The number of hydrogen-bond acceptors (Lipinski definition) is 3. The maximum absolute atomic E-state index is 5.04. The van der Waals surface area contributed by atoms with Gasteiger partial charge in [0, 0.05) is 39.4 Å². The molecule has 0 aromatic rings. The van der Waals surface area contributed by atoms with Crippen molar-refractivity contribution in [3.8, 4) is 0 Å². The van der Waals surface area contributed by atoms with Crippen LogP contribution in [-0.4, -0.2) is 50.8 Å². The fourth-order valence-electron chi connectivity index (χ4n) is 1.37. The van der Waals surface area contributed by atoms with Crippen LogP contribution in [-0.2, 0) is 4.74 Å². The number of ether oxygens (including phenoxy) is 1. The molecular formula is C11H26N2O. The maximum atomic E-state index is 5.04. The fraction of sp³-hybridized carbons (Fsp3) is 1.00.